The summed E-state index contributed by atoms with van der Waals surface area (Å²) in [6.45, 7) is 0.606. The fourth-order valence-corrected chi connectivity index (χ4v) is 4.76. The molecule has 2 aliphatic rings. The van der Waals surface area contributed by atoms with Crippen LogP contribution in [0.2, 0.25) is 0 Å². The maximum absolute atomic E-state index is 12.8. The van der Waals surface area contributed by atoms with Gasteiger partial charge in [0.05, 0.1) is 19.3 Å². The lowest BCUT2D eigenvalue weighted by atomic mass is 9.97. The third-order valence-electron chi connectivity index (χ3n) is 7.27. The second kappa shape index (κ2) is 14.5. The first-order valence-electron chi connectivity index (χ1n) is 13.7. The van der Waals surface area contributed by atoms with Gasteiger partial charge in [-0.1, -0.05) is 12.1 Å². The number of ether oxygens (including phenoxy) is 5. The molecule has 15 heteroatoms. The van der Waals surface area contributed by atoms with Gasteiger partial charge in [0.15, 0.2) is 41.7 Å². The van der Waals surface area contributed by atoms with Crippen molar-refractivity contribution >= 4 is 12.0 Å². The molecule has 2 aromatic carbocycles. The van der Waals surface area contributed by atoms with E-state index in [1.165, 1.54) is 43.3 Å². The number of hydrogen-bond donors (Lipinski definition) is 9. The fourth-order valence-electron chi connectivity index (χ4n) is 4.76. The van der Waals surface area contributed by atoms with Gasteiger partial charge in [0.2, 0.25) is 0 Å². The van der Waals surface area contributed by atoms with Crippen LogP contribution in [0.3, 0.4) is 0 Å². The molecule has 2 aliphatic heterocycles. The minimum absolute atomic E-state index is 0.0754. The van der Waals surface area contributed by atoms with Crippen molar-refractivity contribution in [2.45, 2.75) is 74.8 Å². The third kappa shape index (κ3) is 7.76. The maximum Gasteiger partial charge on any atom is 0.331 e. The maximum atomic E-state index is 12.8. The van der Waals surface area contributed by atoms with Gasteiger partial charge in [0.25, 0.3) is 0 Å². The van der Waals surface area contributed by atoms with Gasteiger partial charge in [-0.3, -0.25) is 0 Å². The highest BCUT2D eigenvalue weighted by Gasteiger charge is 2.52. The molecular formula is C29H36O15. The highest BCUT2D eigenvalue weighted by atomic mass is 16.7. The summed E-state index contributed by atoms with van der Waals surface area (Å²) >= 11 is 0. The molecule has 44 heavy (non-hydrogen) atoms. The Hall–Kier alpha value is -3.51. The third-order valence-corrected chi connectivity index (χ3v) is 7.27. The Labute approximate surface area is 251 Å². The molecule has 0 aliphatic carbocycles. The predicted molar refractivity (Wildman–Crippen MR) is 147 cm³/mol. The Morgan fingerprint density at radius 1 is 0.818 bits per heavy atom. The highest BCUT2D eigenvalue weighted by molar-refractivity contribution is 5.87. The molecule has 0 bridgehead atoms. The minimum atomic E-state index is -1.77. The number of phenols is 4. The summed E-state index contributed by atoms with van der Waals surface area (Å²) in [7, 11) is 0. The lowest BCUT2D eigenvalue weighted by molar-refractivity contribution is -0.357. The lowest BCUT2D eigenvalue weighted by Gasteiger charge is -2.46. The summed E-state index contributed by atoms with van der Waals surface area (Å²) in [6, 6.07) is 7.98. The smallest absolute Gasteiger partial charge is 0.331 e. The second-order valence-corrected chi connectivity index (χ2v) is 10.4. The molecular weight excluding hydrogens is 588 g/mol. The number of phenolic OH excluding ortho intramolecular Hbond substituents is 4. The van der Waals surface area contributed by atoms with Gasteiger partial charge >= 0.3 is 5.97 Å². The molecule has 2 fully saturated rings. The average Bonchev–Trinajstić information content (AvgIpc) is 2.99. The number of aromatic hydroxyl groups is 4. The van der Waals surface area contributed by atoms with Crippen LogP contribution in [0.4, 0.5) is 0 Å². The van der Waals surface area contributed by atoms with Gasteiger partial charge < -0.3 is 69.6 Å². The Morgan fingerprint density at radius 3 is 2.16 bits per heavy atom. The zero-order valence-electron chi connectivity index (χ0n) is 23.5. The lowest BCUT2D eigenvalue weighted by Crippen LogP contribution is -2.65. The second-order valence-electron chi connectivity index (χ2n) is 10.4. The summed E-state index contributed by atoms with van der Waals surface area (Å²) in [4.78, 5) is 12.8. The van der Waals surface area contributed by atoms with E-state index in [0.717, 1.165) is 6.08 Å². The van der Waals surface area contributed by atoms with Gasteiger partial charge in [-0.25, -0.2) is 4.79 Å². The monoisotopic (exact) mass is 624 g/mol. The van der Waals surface area contributed by atoms with Crippen LogP contribution in [-0.2, 0) is 34.9 Å². The van der Waals surface area contributed by atoms with Gasteiger partial charge in [-0.05, 0) is 54.8 Å². The predicted octanol–water partition coefficient (Wildman–Crippen LogP) is -1.02. The number of aliphatic hydroxyl groups is 5. The van der Waals surface area contributed by atoms with E-state index in [-0.39, 0.29) is 30.3 Å². The van der Waals surface area contributed by atoms with Gasteiger partial charge in [-0.2, -0.15) is 0 Å². The topological polar surface area (TPSA) is 245 Å². The summed E-state index contributed by atoms with van der Waals surface area (Å²) < 4.78 is 28.2. The summed E-state index contributed by atoms with van der Waals surface area (Å²) in [5, 5.41) is 90.5. The fraction of sp³-hybridized carbons (Fsp3) is 0.483. The van der Waals surface area contributed by atoms with E-state index in [9.17, 15) is 50.8 Å². The molecule has 9 N–H and O–H groups in total. The van der Waals surface area contributed by atoms with Crippen molar-refractivity contribution in [1.29, 1.82) is 0 Å². The van der Waals surface area contributed by atoms with Crippen molar-refractivity contribution < 1.29 is 74.4 Å². The molecule has 4 rings (SSSR count). The average molecular weight is 625 g/mol. The van der Waals surface area contributed by atoms with E-state index in [0.29, 0.717) is 11.1 Å². The molecule has 0 spiro atoms. The summed E-state index contributed by atoms with van der Waals surface area (Å²) in [5.74, 6) is -2.40. The first kappa shape index (κ1) is 33.4. The van der Waals surface area contributed by atoms with Crippen LogP contribution in [0.1, 0.15) is 18.1 Å². The van der Waals surface area contributed by atoms with Gasteiger partial charge in [-0.15, -0.1) is 0 Å². The molecule has 0 amide bonds. The van der Waals surface area contributed by atoms with E-state index < -0.39 is 79.7 Å². The van der Waals surface area contributed by atoms with E-state index in [1.54, 1.807) is 6.07 Å². The summed E-state index contributed by atoms with van der Waals surface area (Å²) in [6.07, 6.45) is -12.6. The summed E-state index contributed by atoms with van der Waals surface area (Å²) in [5.41, 5.74) is 0.914. The zero-order chi connectivity index (χ0) is 32.1. The number of benzene rings is 2. The molecule has 0 saturated carbocycles. The first-order chi connectivity index (χ1) is 20.9. The van der Waals surface area contributed by atoms with Crippen LogP contribution in [0.25, 0.3) is 6.08 Å². The van der Waals surface area contributed by atoms with Crippen molar-refractivity contribution in [3.8, 4) is 23.0 Å². The standard InChI is InChI=1S/C29H36O15/c1-13-22(36)23(37)24(38)29(41-13)44-27-25(39)28(40-9-8-15-3-6-17(32)19(34)11-15)42-20(12-30)26(27)43-21(35)7-4-14-2-5-16(31)18(33)10-14/h2-7,10-11,13,20,22-34,36-39H,8-9,12H2,1H3/b7-4+. The van der Waals surface area contributed by atoms with E-state index >= 15 is 0 Å². The largest absolute Gasteiger partial charge is 0.504 e. The normalized spacial score (nSPS) is 32.5. The number of carbonyl (C=O) groups excluding carboxylic acids is 1. The molecule has 2 aromatic rings. The first-order valence-corrected chi connectivity index (χ1v) is 13.7. The van der Waals surface area contributed by atoms with Crippen molar-refractivity contribution in [3.63, 3.8) is 0 Å². The molecule has 242 valence electrons. The van der Waals surface area contributed by atoms with Crippen LogP contribution in [0, 0.1) is 0 Å². The Kier molecular flexibility index (Phi) is 11.0. The molecule has 2 heterocycles. The van der Waals surface area contributed by atoms with Crippen LogP contribution in [0.5, 0.6) is 23.0 Å². The molecule has 0 radical (unpaired) electrons. The van der Waals surface area contributed by atoms with Crippen molar-refractivity contribution in [2.24, 2.45) is 0 Å². The van der Waals surface area contributed by atoms with Crippen LogP contribution >= 0.6 is 0 Å². The number of aliphatic hydroxyl groups excluding tert-OH is 5. The molecule has 10 unspecified atom stereocenters. The van der Waals surface area contributed by atoms with Crippen LogP contribution < -0.4 is 0 Å². The number of rotatable bonds is 10. The van der Waals surface area contributed by atoms with Crippen molar-refractivity contribution in [3.05, 3.63) is 53.6 Å². The minimum Gasteiger partial charge on any atom is -0.504 e. The quantitative estimate of drug-likeness (QED) is 0.0873. The molecule has 15 nitrogen and oxygen atoms in total. The van der Waals surface area contributed by atoms with E-state index in [2.05, 4.69) is 0 Å². The van der Waals surface area contributed by atoms with Crippen molar-refractivity contribution in [1.82, 2.24) is 0 Å². The van der Waals surface area contributed by atoms with Crippen molar-refractivity contribution in [2.75, 3.05) is 13.2 Å². The number of esters is 1. The van der Waals surface area contributed by atoms with Gasteiger partial charge in [0, 0.05) is 6.08 Å². The number of carbonyl (C=O) groups is 1. The van der Waals surface area contributed by atoms with Gasteiger partial charge in [0.1, 0.15) is 36.6 Å². The van der Waals surface area contributed by atoms with Crippen LogP contribution in [0.15, 0.2) is 42.5 Å². The SMILES string of the molecule is CC1OC(OC2C(O)C(OCCc3ccc(O)c(O)c3)OC(CO)C2OC(=O)/C=C/c2ccc(O)c(O)c2)C(O)C(O)C1O. The Bertz CT molecular complexity index is 1300. The van der Waals surface area contributed by atoms with E-state index in [4.69, 9.17) is 23.7 Å². The van der Waals surface area contributed by atoms with E-state index in [1.807, 2.05) is 0 Å². The Morgan fingerprint density at radius 2 is 1.50 bits per heavy atom. The number of hydrogen-bond acceptors (Lipinski definition) is 15. The van der Waals surface area contributed by atoms with Crippen LogP contribution in [-0.4, -0.2) is 127 Å². The highest BCUT2D eigenvalue weighted by Crippen LogP contribution is 2.32. The Balaban J connectivity index is 1.52. The molecule has 0 aromatic heterocycles. The molecule has 10 atom stereocenters. The molecule has 2 saturated heterocycles. The zero-order valence-corrected chi connectivity index (χ0v) is 23.5.